The van der Waals surface area contributed by atoms with Gasteiger partial charge in [0.05, 0.1) is 0 Å². The summed E-state index contributed by atoms with van der Waals surface area (Å²) in [5.41, 5.74) is 1.67. The van der Waals surface area contributed by atoms with Crippen LogP contribution < -0.4 is 5.32 Å². The molecule has 1 amide bonds. The summed E-state index contributed by atoms with van der Waals surface area (Å²) in [5.74, 6) is 0.163. The molecule has 3 rings (SSSR count). The summed E-state index contributed by atoms with van der Waals surface area (Å²) in [4.78, 5) is 15.3. The highest BCUT2D eigenvalue weighted by molar-refractivity contribution is 6.31. The normalized spacial score (nSPS) is 22.7. The van der Waals surface area contributed by atoms with Crippen LogP contribution in [0, 0.1) is 6.92 Å². The standard InChI is InChI=1S/C17H23ClN2O/c1-12-15(7-4-8-16(12)18)17(21)20(13-5-2-3-6-13)14-9-10-19-11-14/h4,7-8,13-14,19H,2-3,5-6,9-11H2,1H3. The number of nitrogens with zero attached hydrogens (tertiary/aromatic N) is 1. The van der Waals surface area contributed by atoms with E-state index in [-0.39, 0.29) is 5.91 Å². The molecule has 0 aromatic heterocycles. The van der Waals surface area contributed by atoms with Crippen LogP contribution in [0.2, 0.25) is 5.02 Å². The van der Waals surface area contributed by atoms with Crippen molar-refractivity contribution < 1.29 is 4.79 Å². The highest BCUT2D eigenvalue weighted by Gasteiger charge is 2.35. The van der Waals surface area contributed by atoms with Crippen LogP contribution >= 0.6 is 11.6 Å². The first kappa shape index (κ1) is 14.9. The van der Waals surface area contributed by atoms with Crippen LogP contribution in [0.4, 0.5) is 0 Å². The van der Waals surface area contributed by atoms with Crippen LogP contribution in [-0.2, 0) is 0 Å². The summed E-state index contributed by atoms with van der Waals surface area (Å²) < 4.78 is 0. The van der Waals surface area contributed by atoms with Gasteiger partial charge >= 0.3 is 0 Å². The van der Waals surface area contributed by atoms with Crippen molar-refractivity contribution in [1.82, 2.24) is 10.2 Å². The molecule has 2 fully saturated rings. The van der Waals surface area contributed by atoms with E-state index in [1.165, 1.54) is 12.8 Å². The maximum absolute atomic E-state index is 13.1. The summed E-state index contributed by atoms with van der Waals surface area (Å²) in [6.07, 6.45) is 5.82. The zero-order valence-corrected chi connectivity index (χ0v) is 13.3. The zero-order valence-electron chi connectivity index (χ0n) is 12.6. The van der Waals surface area contributed by atoms with Gasteiger partial charge in [-0.15, -0.1) is 0 Å². The summed E-state index contributed by atoms with van der Waals surface area (Å²) in [5, 5.41) is 4.07. The Morgan fingerprint density at radius 1 is 1.24 bits per heavy atom. The van der Waals surface area contributed by atoms with Crippen molar-refractivity contribution in [1.29, 1.82) is 0 Å². The lowest BCUT2D eigenvalue weighted by Gasteiger charge is -2.34. The second kappa shape index (κ2) is 6.37. The minimum Gasteiger partial charge on any atom is -0.331 e. The third-order valence-corrected chi connectivity index (χ3v) is 5.29. The van der Waals surface area contributed by atoms with Crippen LogP contribution in [0.25, 0.3) is 0 Å². The molecule has 1 unspecified atom stereocenters. The van der Waals surface area contributed by atoms with E-state index in [2.05, 4.69) is 10.2 Å². The molecule has 1 atom stereocenters. The van der Waals surface area contributed by atoms with Crippen molar-refractivity contribution in [2.75, 3.05) is 13.1 Å². The third-order valence-electron chi connectivity index (χ3n) is 4.88. The maximum atomic E-state index is 13.1. The van der Waals surface area contributed by atoms with E-state index in [0.717, 1.165) is 43.5 Å². The number of amides is 1. The first-order chi connectivity index (χ1) is 10.2. The van der Waals surface area contributed by atoms with Crippen molar-refractivity contribution in [3.8, 4) is 0 Å². The Hall–Kier alpha value is -1.06. The van der Waals surface area contributed by atoms with Gasteiger partial charge in [0.1, 0.15) is 0 Å². The van der Waals surface area contributed by atoms with Gasteiger partial charge in [0.25, 0.3) is 5.91 Å². The van der Waals surface area contributed by atoms with E-state index in [4.69, 9.17) is 11.6 Å². The Morgan fingerprint density at radius 2 is 2.00 bits per heavy atom. The summed E-state index contributed by atoms with van der Waals surface area (Å²) >= 11 is 6.20. The molecule has 0 bridgehead atoms. The molecule has 114 valence electrons. The van der Waals surface area contributed by atoms with Crippen molar-refractivity contribution in [3.63, 3.8) is 0 Å². The van der Waals surface area contributed by atoms with Crippen LogP contribution in [-0.4, -0.2) is 36.0 Å². The molecule has 4 heteroatoms. The number of benzene rings is 1. The molecular formula is C17H23ClN2O. The molecule has 2 aliphatic rings. The molecule has 0 spiro atoms. The third kappa shape index (κ3) is 2.95. The maximum Gasteiger partial charge on any atom is 0.254 e. The first-order valence-electron chi connectivity index (χ1n) is 7.97. The molecule has 1 aromatic rings. The number of nitrogens with one attached hydrogen (secondary N) is 1. The molecule has 21 heavy (non-hydrogen) atoms. The Kier molecular flexibility index (Phi) is 4.51. The van der Waals surface area contributed by atoms with Gasteiger partial charge in [-0.05, 0) is 50.4 Å². The van der Waals surface area contributed by atoms with Crippen molar-refractivity contribution >= 4 is 17.5 Å². The molecule has 1 aromatic carbocycles. The van der Waals surface area contributed by atoms with E-state index in [9.17, 15) is 4.79 Å². The van der Waals surface area contributed by atoms with E-state index >= 15 is 0 Å². The fourth-order valence-corrected chi connectivity index (χ4v) is 3.84. The molecule has 1 N–H and O–H groups in total. The quantitative estimate of drug-likeness (QED) is 0.928. The molecule has 1 saturated heterocycles. The van der Waals surface area contributed by atoms with Crippen molar-refractivity contribution in [2.45, 2.75) is 51.1 Å². The van der Waals surface area contributed by atoms with Gasteiger partial charge < -0.3 is 10.2 Å². The Morgan fingerprint density at radius 3 is 2.67 bits per heavy atom. The van der Waals surface area contributed by atoms with Gasteiger partial charge in [0.2, 0.25) is 0 Å². The molecule has 0 radical (unpaired) electrons. The fourth-order valence-electron chi connectivity index (χ4n) is 3.67. The molecule has 1 aliphatic carbocycles. The monoisotopic (exact) mass is 306 g/mol. The number of hydrogen-bond donors (Lipinski definition) is 1. The smallest absolute Gasteiger partial charge is 0.254 e. The summed E-state index contributed by atoms with van der Waals surface area (Å²) in [6.45, 7) is 3.87. The molecule has 1 heterocycles. The van der Waals surface area contributed by atoms with E-state index in [0.29, 0.717) is 17.1 Å². The highest BCUT2D eigenvalue weighted by Crippen LogP contribution is 2.30. The highest BCUT2D eigenvalue weighted by atomic mass is 35.5. The largest absolute Gasteiger partial charge is 0.331 e. The van der Waals surface area contributed by atoms with Gasteiger partial charge in [-0.25, -0.2) is 0 Å². The fraction of sp³-hybridized carbons (Fsp3) is 0.588. The first-order valence-corrected chi connectivity index (χ1v) is 8.35. The topological polar surface area (TPSA) is 32.3 Å². The Balaban J connectivity index is 1.91. The number of rotatable bonds is 3. The van der Waals surface area contributed by atoms with E-state index in [1.54, 1.807) is 0 Å². The van der Waals surface area contributed by atoms with Crippen molar-refractivity contribution in [2.24, 2.45) is 0 Å². The van der Waals surface area contributed by atoms with Gasteiger partial charge in [0, 0.05) is 29.2 Å². The van der Waals surface area contributed by atoms with Gasteiger partial charge in [-0.1, -0.05) is 30.5 Å². The second-order valence-electron chi connectivity index (χ2n) is 6.21. The zero-order chi connectivity index (χ0) is 14.8. The van der Waals surface area contributed by atoms with Crippen LogP contribution in [0.3, 0.4) is 0 Å². The molecule has 1 aliphatic heterocycles. The average Bonchev–Trinajstić information content (AvgIpc) is 3.16. The lowest BCUT2D eigenvalue weighted by Crippen LogP contribution is -2.47. The lowest BCUT2D eigenvalue weighted by atomic mass is 10.0. The summed E-state index contributed by atoms with van der Waals surface area (Å²) in [7, 11) is 0. The summed E-state index contributed by atoms with van der Waals surface area (Å²) in [6, 6.07) is 6.38. The second-order valence-corrected chi connectivity index (χ2v) is 6.62. The molecular weight excluding hydrogens is 284 g/mol. The average molecular weight is 307 g/mol. The Bertz CT molecular complexity index is 504. The number of hydrogen-bond acceptors (Lipinski definition) is 2. The molecule has 3 nitrogen and oxygen atoms in total. The van der Waals surface area contributed by atoms with Gasteiger partial charge in [-0.2, -0.15) is 0 Å². The van der Waals surface area contributed by atoms with Gasteiger partial charge in [-0.3, -0.25) is 4.79 Å². The molecule has 1 saturated carbocycles. The minimum absolute atomic E-state index is 0.163. The lowest BCUT2D eigenvalue weighted by molar-refractivity contribution is 0.0594. The predicted molar refractivity (Wildman–Crippen MR) is 85.9 cm³/mol. The van der Waals surface area contributed by atoms with Gasteiger partial charge in [0.15, 0.2) is 0 Å². The van der Waals surface area contributed by atoms with Crippen LogP contribution in [0.5, 0.6) is 0 Å². The van der Waals surface area contributed by atoms with E-state index < -0.39 is 0 Å². The van der Waals surface area contributed by atoms with Crippen LogP contribution in [0.1, 0.15) is 48.0 Å². The minimum atomic E-state index is 0.163. The van der Waals surface area contributed by atoms with E-state index in [1.807, 2.05) is 25.1 Å². The number of carbonyl (C=O) groups excluding carboxylic acids is 1. The number of halogens is 1. The predicted octanol–water partition coefficient (Wildman–Crippen LogP) is 3.40. The SMILES string of the molecule is Cc1c(Cl)cccc1C(=O)N(C1CCCC1)C1CCNC1. The van der Waals surface area contributed by atoms with Crippen LogP contribution in [0.15, 0.2) is 18.2 Å². The van der Waals surface area contributed by atoms with Crippen molar-refractivity contribution in [3.05, 3.63) is 34.3 Å². The Labute approximate surface area is 131 Å². The number of carbonyl (C=O) groups is 1.